The number of aryl methyl sites for hydroxylation is 1. The second kappa shape index (κ2) is 7.71. The molecule has 0 bridgehead atoms. The van der Waals surface area contributed by atoms with Crippen molar-refractivity contribution in [2.24, 2.45) is 0 Å². The molecule has 0 aliphatic rings. The summed E-state index contributed by atoms with van der Waals surface area (Å²) in [5, 5.41) is 11.5. The fourth-order valence-corrected chi connectivity index (χ4v) is 1.71. The van der Waals surface area contributed by atoms with Gasteiger partial charge in [0, 0.05) is 25.1 Å². The van der Waals surface area contributed by atoms with Crippen LogP contribution in [0.15, 0.2) is 18.2 Å². The first kappa shape index (κ1) is 14.5. The minimum Gasteiger partial charge on any atom is -0.496 e. The quantitative estimate of drug-likeness (QED) is 0.774. The van der Waals surface area contributed by atoms with Crippen LogP contribution in [0, 0.1) is 0 Å². The van der Waals surface area contributed by atoms with Gasteiger partial charge in [0.2, 0.25) is 5.91 Å². The van der Waals surface area contributed by atoms with Crippen molar-refractivity contribution in [3.05, 3.63) is 29.3 Å². The smallest absolute Gasteiger partial charge is 0.220 e. The number of hydrogen-bond donors (Lipinski definition) is 2. The summed E-state index contributed by atoms with van der Waals surface area (Å²) in [6, 6.07) is 6.00. The number of carbonyl (C=O) groups excluding carboxylic acids is 1. The molecule has 0 saturated heterocycles. The lowest BCUT2D eigenvalue weighted by Gasteiger charge is -2.11. The lowest BCUT2D eigenvalue weighted by molar-refractivity contribution is -0.121. The second-order valence-corrected chi connectivity index (χ2v) is 4.10. The average Bonchev–Trinajstić information content (AvgIpc) is 2.42. The van der Waals surface area contributed by atoms with Crippen LogP contribution in [0.1, 0.15) is 30.9 Å². The molecule has 1 amide bonds. The van der Waals surface area contributed by atoms with E-state index < -0.39 is 0 Å². The van der Waals surface area contributed by atoms with Gasteiger partial charge in [-0.2, -0.15) is 0 Å². The number of methoxy groups -OCH3 is 1. The molecule has 0 spiro atoms. The first-order valence-electron chi connectivity index (χ1n) is 6.24. The highest BCUT2D eigenvalue weighted by atomic mass is 16.5. The van der Waals surface area contributed by atoms with Crippen molar-refractivity contribution in [2.45, 2.75) is 32.7 Å². The summed E-state index contributed by atoms with van der Waals surface area (Å²) in [7, 11) is 1.62. The minimum absolute atomic E-state index is 0.0437. The molecule has 1 rings (SSSR count). The summed E-state index contributed by atoms with van der Waals surface area (Å²) >= 11 is 0. The van der Waals surface area contributed by atoms with E-state index in [9.17, 15) is 4.79 Å². The lowest BCUT2D eigenvalue weighted by atomic mass is 10.1. The fraction of sp³-hybridized carbons (Fsp3) is 0.500. The lowest BCUT2D eigenvalue weighted by Crippen LogP contribution is -2.23. The van der Waals surface area contributed by atoms with Crippen LogP contribution in [0.2, 0.25) is 0 Å². The zero-order valence-corrected chi connectivity index (χ0v) is 11.0. The molecule has 4 nitrogen and oxygen atoms in total. The van der Waals surface area contributed by atoms with Crippen molar-refractivity contribution >= 4 is 5.91 Å². The summed E-state index contributed by atoms with van der Waals surface area (Å²) in [5.41, 5.74) is 2.20. The monoisotopic (exact) mass is 251 g/mol. The van der Waals surface area contributed by atoms with Crippen LogP contribution in [-0.2, 0) is 17.8 Å². The number of rotatable bonds is 7. The van der Waals surface area contributed by atoms with E-state index in [0.29, 0.717) is 19.4 Å². The van der Waals surface area contributed by atoms with Gasteiger partial charge < -0.3 is 15.2 Å². The van der Waals surface area contributed by atoms with Crippen molar-refractivity contribution in [1.82, 2.24) is 5.32 Å². The van der Waals surface area contributed by atoms with E-state index in [1.165, 1.54) is 5.56 Å². The van der Waals surface area contributed by atoms with Crippen LogP contribution in [-0.4, -0.2) is 24.7 Å². The first-order chi connectivity index (χ1) is 8.71. The number of aliphatic hydroxyl groups is 1. The van der Waals surface area contributed by atoms with Gasteiger partial charge in [-0.1, -0.05) is 19.1 Å². The van der Waals surface area contributed by atoms with Crippen LogP contribution in [0.3, 0.4) is 0 Å². The molecule has 0 radical (unpaired) electrons. The molecule has 0 aromatic heterocycles. The molecule has 1 aromatic carbocycles. The Hall–Kier alpha value is -1.55. The molecule has 0 unspecified atom stereocenters. The largest absolute Gasteiger partial charge is 0.496 e. The first-order valence-corrected chi connectivity index (χ1v) is 6.24. The SMILES string of the molecule is CCc1ccc(OC)c(CNC(=O)CCCO)c1. The van der Waals surface area contributed by atoms with Crippen molar-refractivity contribution in [3.8, 4) is 5.75 Å². The van der Waals surface area contributed by atoms with Gasteiger partial charge in [0.15, 0.2) is 0 Å². The Balaban J connectivity index is 2.62. The second-order valence-electron chi connectivity index (χ2n) is 4.10. The molecule has 0 aliphatic carbocycles. The van der Waals surface area contributed by atoms with Gasteiger partial charge in [0.05, 0.1) is 7.11 Å². The highest BCUT2D eigenvalue weighted by Crippen LogP contribution is 2.20. The Morgan fingerprint density at radius 1 is 1.44 bits per heavy atom. The fourth-order valence-electron chi connectivity index (χ4n) is 1.71. The number of benzene rings is 1. The average molecular weight is 251 g/mol. The Bertz CT molecular complexity index is 391. The van der Waals surface area contributed by atoms with Gasteiger partial charge in [0.25, 0.3) is 0 Å². The highest BCUT2D eigenvalue weighted by molar-refractivity contribution is 5.75. The topological polar surface area (TPSA) is 58.6 Å². The predicted molar refractivity (Wildman–Crippen MR) is 70.5 cm³/mol. The molecular formula is C14H21NO3. The summed E-state index contributed by atoms with van der Waals surface area (Å²) in [5.74, 6) is 0.739. The maximum absolute atomic E-state index is 11.5. The standard InChI is InChI=1S/C14H21NO3/c1-3-11-6-7-13(18-2)12(9-11)10-15-14(17)5-4-8-16/h6-7,9,16H,3-5,8,10H2,1-2H3,(H,15,17). The van der Waals surface area contributed by atoms with Crippen LogP contribution in [0.25, 0.3) is 0 Å². The zero-order chi connectivity index (χ0) is 13.4. The summed E-state index contributed by atoms with van der Waals surface area (Å²) in [6.45, 7) is 2.59. The number of nitrogens with one attached hydrogen (secondary N) is 1. The molecule has 0 heterocycles. The maximum Gasteiger partial charge on any atom is 0.220 e. The molecule has 1 aromatic rings. The summed E-state index contributed by atoms with van der Waals surface area (Å²) < 4.78 is 5.27. The highest BCUT2D eigenvalue weighted by Gasteiger charge is 2.06. The van der Waals surface area contributed by atoms with E-state index >= 15 is 0 Å². The molecular weight excluding hydrogens is 230 g/mol. The van der Waals surface area contributed by atoms with E-state index in [2.05, 4.69) is 12.2 Å². The normalized spacial score (nSPS) is 10.2. The van der Waals surface area contributed by atoms with Gasteiger partial charge in [0.1, 0.15) is 5.75 Å². The van der Waals surface area contributed by atoms with Crippen LogP contribution in [0.5, 0.6) is 5.75 Å². The summed E-state index contributed by atoms with van der Waals surface area (Å²) in [4.78, 5) is 11.5. The number of amides is 1. The Morgan fingerprint density at radius 2 is 2.22 bits per heavy atom. The van der Waals surface area contributed by atoms with Crippen molar-refractivity contribution in [2.75, 3.05) is 13.7 Å². The van der Waals surface area contributed by atoms with Gasteiger partial charge >= 0.3 is 0 Å². The third kappa shape index (κ3) is 4.37. The van der Waals surface area contributed by atoms with E-state index in [-0.39, 0.29) is 12.5 Å². The van der Waals surface area contributed by atoms with E-state index in [1.807, 2.05) is 18.2 Å². The number of aliphatic hydroxyl groups excluding tert-OH is 1. The van der Waals surface area contributed by atoms with Crippen molar-refractivity contribution < 1.29 is 14.6 Å². The maximum atomic E-state index is 11.5. The van der Waals surface area contributed by atoms with Gasteiger partial charge in [-0.3, -0.25) is 4.79 Å². The van der Waals surface area contributed by atoms with Gasteiger partial charge in [-0.15, -0.1) is 0 Å². The molecule has 100 valence electrons. The molecule has 18 heavy (non-hydrogen) atoms. The predicted octanol–water partition coefficient (Wildman–Crippen LogP) is 1.65. The molecule has 0 aliphatic heterocycles. The Morgan fingerprint density at radius 3 is 2.83 bits per heavy atom. The van der Waals surface area contributed by atoms with E-state index in [1.54, 1.807) is 7.11 Å². The van der Waals surface area contributed by atoms with E-state index in [0.717, 1.165) is 17.7 Å². The number of hydrogen-bond acceptors (Lipinski definition) is 3. The molecule has 0 saturated carbocycles. The van der Waals surface area contributed by atoms with Gasteiger partial charge in [-0.05, 0) is 24.5 Å². The van der Waals surface area contributed by atoms with E-state index in [4.69, 9.17) is 9.84 Å². The molecule has 4 heteroatoms. The van der Waals surface area contributed by atoms with Crippen molar-refractivity contribution in [1.29, 1.82) is 0 Å². The third-order valence-electron chi connectivity index (χ3n) is 2.79. The zero-order valence-electron chi connectivity index (χ0n) is 11.0. The molecule has 0 fully saturated rings. The van der Waals surface area contributed by atoms with Crippen LogP contribution < -0.4 is 10.1 Å². The van der Waals surface area contributed by atoms with Crippen LogP contribution in [0.4, 0.5) is 0 Å². The molecule has 2 N–H and O–H groups in total. The third-order valence-corrected chi connectivity index (χ3v) is 2.79. The van der Waals surface area contributed by atoms with Crippen molar-refractivity contribution in [3.63, 3.8) is 0 Å². The minimum atomic E-state index is -0.0481. The van der Waals surface area contributed by atoms with Gasteiger partial charge in [-0.25, -0.2) is 0 Å². The Labute approximate surface area is 108 Å². The summed E-state index contributed by atoms with van der Waals surface area (Å²) in [6.07, 6.45) is 1.81. The molecule has 0 atom stereocenters. The number of carbonyl (C=O) groups is 1. The Kier molecular flexibility index (Phi) is 6.22. The van der Waals surface area contributed by atoms with Crippen LogP contribution >= 0.6 is 0 Å². The number of ether oxygens (including phenoxy) is 1.